The Morgan fingerprint density at radius 2 is 1.72 bits per heavy atom. The average Bonchev–Trinajstić information content (AvgIpc) is 2.78. The first-order valence-corrected chi connectivity index (χ1v) is 10.2. The minimum Gasteiger partial charge on any atom is -0.493 e. The van der Waals surface area contributed by atoms with Crippen molar-refractivity contribution in [3.63, 3.8) is 0 Å². The molecule has 0 atom stereocenters. The average molecular weight is 397 g/mol. The number of benzene rings is 2. The normalized spacial score (nSPS) is 15.1. The molecule has 29 heavy (non-hydrogen) atoms. The van der Waals surface area contributed by atoms with Crippen LogP contribution < -0.4 is 25.4 Å². The third-order valence-corrected chi connectivity index (χ3v) is 5.55. The second kappa shape index (κ2) is 10.0. The highest BCUT2D eigenvalue weighted by Crippen LogP contribution is 2.29. The van der Waals surface area contributed by atoms with Crippen molar-refractivity contribution in [1.82, 2.24) is 0 Å². The minimum absolute atomic E-state index is 0.362. The Bertz CT molecular complexity index is 814. The van der Waals surface area contributed by atoms with E-state index in [0.717, 1.165) is 11.3 Å². The van der Waals surface area contributed by atoms with E-state index in [0.29, 0.717) is 30.0 Å². The first-order valence-electron chi connectivity index (χ1n) is 10.2. The summed E-state index contributed by atoms with van der Waals surface area (Å²) in [7, 11) is 5.42. The smallest absolute Gasteiger partial charge is 0.193 e. The molecular formula is C23H32N4O2. The van der Waals surface area contributed by atoms with Gasteiger partial charge in [-0.05, 0) is 42.7 Å². The molecule has 1 fully saturated rings. The van der Waals surface area contributed by atoms with Gasteiger partial charge in [-0.15, -0.1) is 0 Å². The Hall–Kier alpha value is -2.89. The SMILES string of the molecule is COc1ccc(NC(N)=NCc2ccc(N(C)C3CCCCC3)cc2)cc1OC. The third kappa shape index (κ3) is 5.56. The predicted octanol–water partition coefficient (Wildman–Crippen LogP) is 4.40. The highest BCUT2D eigenvalue weighted by Gasteiger charge is 2.18. The highest BCUT2D eigenvalue weighted by atomic mass is 16.5. The van der Waals surface area contributed by atoms with E-state index in [-0.39, 0.29) is 0 Å². The Morgan fingerprint density at radius 1 is 1.03 bits per heavy atom. The molecule has 0 radical (unpaired) electrons. The topological polar surface area (TPSA) is 72.1 Å². The summed E-state index contributed by atoms with van der Waals surface area (Å²) >= 11 is 0. The molecular weight excluding hydrogens is 364 g/mol. The van der Waals surface area contributed by atoms with Crippen molar-refractivity contribution in [2.75, 3.05) is 31.5 Å². The lowest BCUT2D eigenvalue weighted by Crippen LogP contribution is -2.33. The summed E-state index contributed by atoms with van der Waals surface area (Å²) in [5, 5.41) is 3.09. The van der Waals surface area contributed by atoms with Crippen molar-refractivity contribution in [2.24, 2.45) is 10.7 Å². The zero-order valence-electron chi connectivity index (χ0n) is 17.6. The van der Waals surface area contributed by atoms with Crippen LogP contribution >= 0.6 is 0 Å². The molecule has 0 bridgehead atoms. The third-order valence-electron chi connectivity index (χ3n) is 5.55. The van der Waals surface area contributed by atoms with Crippen LogP contribution in [0.4, 0.5) is 11.4 Å². The molecule has 6 nitrogen and oxygen atoms in total. The van der Waals surface area contributed by atoms with Crippen molar-refractivity contribution >= 4 is 17.3 Å². The van der Waals surface area contributed by atoms with Gasteiger partial charge >= 0.3 is 0 Å². The Labute approximate surface area is 173 Å². The lowest BCUT2D eigenvalue weighted by atomic mass is 9.94. The second-order valence-electron chi connectivity index (χ2n) is 7.47. The van der Waals surface area contributed by atoms with Crippen molar-refractivity contribution in [3.8, 4) is 11.5 Å². The zero-order valence-corrected chi connectivity index (χ0v) is 17.6. The van der Waals surface area contributed by atoms with Gasteiger partial charge in [-0.2, -0.15) is 0 Å². The van der Waals surface area contributed by atoms with E-state index in [1.807, 2.05) is 18.2 Å². The van der Waals surface area contributed by atoms with Crippen LogP contribution in [-0.2, 0) is 6.54 Å². The molecule has 1 aliphatic carbocycles. The lowest BCUT2D eigenvalue weighted by Gasteiger charge is -2.33. The number of hydrogen-bond donors (Lipinski definition) is 2. The van der Waals surface area contributed by atoms with Gasteiger partial charge in [0.15, 0.2) is 17.5 Å². The van der Waals surface area contributed by atoms with Crippen LogP contribution in [0.15, 0.2) is 47.5 Å². The first kappa shape index (κ1) is 20.8. The van der Waals surface area contributed by atoms with Crippen LogP contribution in [0.2, 0.25) is 0 Å². The Balaban J connectivity index is 1.57. The summed E-state index contributed by atoms with van der Waals surface area (Å²) in [5.41, 5.74) is 9.24. The zero-order chi connectivity index (χ0) is 20.6. The standard InChI is InChI=1S/C23H32N4O2/c1-27(19-7-5-4-6-8-19)20-12-9-17(10-13-20)16-25-23(24)26-18-11-14-21(28-2)22(15-18)29-3/h9-15,19H,4-8,16H2,1-3H3,(H3,24,25,26). The van der Waals surface area contributed by atoms with Crippen molar-refractivity contribution in [1.29, 1.82) is 0 Å². The molecule has 0 heterocycles. The van der Waals surface area contributed by atoms with Gasteiger partial charge in [0.25, 0.3) is 0 Å². The van der Waals surface area contributed by atoms with Gasteiger partial charge in [-0.3, -0.25) is 0 Å². The molecule has 6 heteroatoms. The Morgan fingerprint density at radius 3 is 2.38 bits per heavy atom. The molecule has 0 spiro atoms. The number of rotatable bonds is 7. The maximum Gasteiger partial charge on any atom is 0.193 e. The number of methoxy groups -OCH3 is 2. The molecule has 1 saturated carbocycles. The summed E-state index contributed by atoms with van der Waals surface area (Å²) in [6.07, 6.45) is 6.64. The molecule has 2 aromatic rings. The van der Waals surface area contributed by atoms with Gasteiger partial charge in [0, 0.05) is 30.5 Å². The molecule has 2 aromatic carbocycles. The van der Waals surface area contributed by atoms with Crippen LogP contribution in [0.5, 0.6) is 11.5 Å². The number of nitrogens with one attached hydrogen (secondary N) is 1. The van der Waals surface area contributed by atoms with E-state index in [2.05, 4.69) is 46.5 Å². The molecule has 3 N–H and O–H groups in total. The monoisotopic (exact) mass is 396 g/mol. The van der Waals surface area contributed by atoms with E-state index in [4.69, 9.17) is 15.2 Å². The van der Waals surface area contributed by atoms with E-state index in [1.54, 1.807) is 14.2 Å². The van der Waals surface area contributed by atoms with E-state index >= 15 is 0 Å². The lowest BCUT2D eigenvalue weighted by molar-refractivity contribution is 0.355. The van der Waals surface area contributed by atoms with Gasteiger partial charge in [0.2, 0.25) is 0 Å². The molecule has 0 aliphatic heterocycles. The maximum atomic E-state index is 6.05. The van der Waals surface area contributed by atoms with Crippen LogP contribution in [0.25, 0.3) is 0 Å². The van der Waals surface area contributed by atoms with Gasteiger partial charge in [0.05, 0.1) is 20.8 Å². The quantitative estimate of drug-likeness (QED) is 0.536. The number of hydrogen-bond acceptors (Lipinski definition) is 4. The molecule has 3 rings (SSSR count). The first-order chi connectivity index (χ1) is 14.1. The number of aliphatic imine (C=N–C) groups is 1. The number of nitrogens with zero attached hydrogens (tertiary/aromatic N) is 2. The fourth-order valence-corrected chi connectivity index (χ4v) is 3.79. The van der Waals surface area contributed by atoms with Crippen molar-refractivity contribution < 1.29 is 9.47 Å². The van der Waals surface area contributed by atoms with Crippen LogP contribution in [0.3, 0.4) is 0 Å². The summed E-state index contributed by atoms with van der Waals surface area (Å²) in [4.78, 5) is 6.87. The fraction of sp³-hybridized carbons (Fsp3) is 0.435. The van der Waals surface area contributed by atoms with Gasteiger partial charge < -0.3 is 25.4 Å². The molecule has 0 aromatic heterocycles. The second-order valence-corrected chi connectivity index (χ2v) is 7.47. The predicted molar refractivity (Wildman–Crippen MR) is 120 cm³/mol. The minimum atomic E-state index is 0.362. The van der Waals surface area contributed by atoms with E-state index < -0.39 is 0 Å². The number of nitrogens with two attached hydrogens (primary N) is 1. The number of ether oxygens (including phenoxy) is 2. The number of guanidine groups is 1. The van der Waals surface area contributed by atoms with Crippen molar-refractivity contribution in [3.05, 3.63) is 48.0 Å². The molecule has 1 aliphatic rings. The van der Waals surface area contributed by atoms with Gasteiger partial charge in [-0.1, -0.05) is 31.4 Å². The van der Waals surface area contributed by atoms with E-state index in [9.17, 15) is 0 Å². The van der Waals surface area contributed by atoms with Gasteiger partial charge in [-0.25, -0.2) is 4.99 Å². The van der Waals surface area contributed by atoms with Crippen LogP contribution in [0.1, 0.15) is 37.7 Å². The summed E-state index contributed by atoms with van der Waals surface area (Å²) in [6.45, 7) is 0.527. The largest absolute Gasteiger partial charge is 0.493 e. The van der Waals surface area contributed by atoms with E-state index in [1.165, 1.54) is 37.8 Å². The Kier molecular flexibility index (Phi) is 7.22. The maximum absolute atomic E-state index is 6.05. The highest BCUT2D eigenvalue weighted by molar-refractivity contribution is 5.92. The molecule has 0 unspecified atom stereocenters. The number of anilines is 2. The van der Waals surface area contributed by atoms with Crippen molar-refractivity contribution in [2.45, 2.75) is 44.7 Å². The summed E-state index contributed by atoms with van der Waals surface area (Å²) < 4.78 is 10.6. The van der Waals surface area contributed by atoms with Gasteiger partial charge in [0.1, 0.15) is 0 Å². The summed E-state index contributed by atoms with van der Waals surface area (Å²) in [6, 6.07) is 14.8. The summed E-state index contributed by atoms with van der Waals surface area (Å²) in [5.74, 6) is 1.68. The molecule has 0 saturated heterocycles. The van der Waals surface area contributed by atoms with Crippen LogP contribution in [-0.4, -0.2) is 33.3 Å². The van der Waals surface area contributed by atoms with Crippen LogP contribution in [0, 0.1) is 0 Å². The molecule has 156 valence electrons. The fourth-order valence-electron chi connectivity index (χ4n) is 3.79. The molecule has 0 amide bonds.